The number of carbonyl (C=O) groups is 3. The summed E-state index contributed by atoms with van der Waals surface area (Å²) in [6, 6.07) is 0. The summed E-state index contributed by atoms with van der Waals surface area (Å²) in [6.07, 6.45) is 11.8. The molecule has 0 aromatic rings. The molecule has 0 saturated heterocycles. The van der Waals surface area contributed by atoms with Crippen molar-refractivity contribution in [1.82, 2.24) is 0 Å². The van der Waals surface area contributed by atoms with E-state index >= 15 is 0 Å². The van der Waals surface area contributed by atoms with Gasteiger partial charge in [-0.05, 0) is 38.0 Å². The van der Waals surface area contributed by atoms with Crippen LogP contribution in [0.3, 0.4) is 0 Å². The lowest BCUT2D eigenvalue weighted by Crippen LogP contribution is -2.32. The minimum Gasteiger partial charge on any atom is -0.481 e. The van der Waals surface area contributed by atoms with Gasteiger partial charge in [0.15, 0.2) is 0 Å². The topological polar surface area (TPSA) is 101 Å². The fraction of sp³-hybridized carbons (Fsp3) is 0.792. The molecule has 2 unspecified atom stereocenters. The Bertz CT molecular complexity index is 504. The van der Waals surface area contributed by atoms with Gasteiger partial charge in [-0.2, -0.15) is 0 Å². The van der Waals surface area contributed by atoms with Gasteiger partial charge in [0.1, 0.15) is 0 Å². The van der Waals surface area contributed by atoms with Crippen LogP contribution < -0.4 is 0 Å². The molecule has 0 aliphatic heterocycles. The largest absolute Gasteiger partial charge is 0.481 e. The van der Waals surface area contributed by atoms with E-state index in [0.717, 1.165) is 32.1 Å². The lowest BCUT2D eigenvalue weighted by molar-refractivity contribution is -0.155. The number of carbonyl (C=O) groups excluding carboxylic acids is 1. The predicted molar refractivity (Wildman–Crippen MR) is 118 cm³/mol. The maximum absolute atomic E-state index is 11.6. The van der Waals surface area contributed by atoms with E-state index < -0.39 is 23.8 Å². The maximum atomic E-state index is 11.6. The van der Waals surface area contributed by atoms with Crippen molar-refractivity contribution in [2.75, 3.05) is 6.61 Å². The van der Waals surface area contributed by atoms with Gasteiger partial charge in [0.05, 0.1) is 18.4 Å². The Morgan fingerprint density at radius 1 is 0.933 bits per heavy atom. The second kappa shape index (κ2) is 16.9. The SMILES string of the molecule is C=C(CCCCCCCC)C(=O)OCCC(C)C.O=C(O)C1CCCCC1C(=O)O. The van der Waals surface area contributed by atoms with E-state index in [9.17, 15) is 14.4 Å². The van der Waals surface area contributed by atoms with Crippen molar-refractivity contribution in [3.8, 4) is 0 Å². The molecule has 1 saturated carbocycles. The lowest BCUT2D eigenvalue weighted by Gasteiger charge is -2.24. The van der Waals surface area contributed by atoms with Gasteiger partial charge in [0.25, 0.3) is 0 Å². The van der Waals surface area contributed by atoms with Gasteiger partial charge in [-0.25, -0.2) is 4.79 Å². The van der Waals surface area contributed by atoms with Crippen LogP contribution in [0.5, 0.6) is 0 Å². The Morgan fingerprint density at radius 3 is 1.90 bits per heavy atom. The van der Waals surface area contributed by atoms with Crippen LogP contribution >= 0.6 is 0 Å². The van der Waals surface area contributed by atoms with Gasteiger partial charge < -0.3 is 14.9 Å². The number of rotatable bonds is 13. The van der Waals surface area contributed by atoms with Crippen LogP contribution in [-0.2, 0) is 19.1 Å². The first-order valence-electron chi connectivity index (χ1n) is 11.5. The molecule has 0 aromatic heterocycles. The van der Waals surface area contributed by atoms with E-state index in [1.807, 2.05) is 0 Å². The van der Waals surface area contributed by atoms with Crippen LogP contribution in [0.4, 0.5) is 0 Å². The van der Waals surface area contributed by atoms with Crippen molar-refractivity contribution in [3.63, 3.8) is 0 Å². The van der Waals surface area contributed by atoms with Crippen LogP contribution in [0.15, 0.2) is 12.2 Å². The predicted octanol–water partition coefficient (Wildman–Crippen LogP) is 5.84. The molecule has 1 fully saturated rings. The van der Waals surface area contributed by atoms with Crippen LogP contribution in [0.1, 0.15) is 97.8 Å². The molecule has 0 heterocycles. The first-order valence-corrected chi connectivity index (χ1v) is 11.5. The summed E-state index contributed by atoms with van der Waals surface area (Å²) in [5.74, 6) is -2.91. The average Bonchev–Trinajstić information content (AvgIpc) is 2.70. The molecule has 0 aromatic carbocycles. The molecule has 0 amide bonds. The molecule has 6 heteroatoms. The Balaban J connectivity index is 0.000000604. The normalized spacial score (nSPS) is 18.3. The Morgan fingerprint density at radius 2 is 1.43 bits per heavy atom. The molecule has 2 atom stereocenters. The average molecular weight is 427 g/mol. The number of esters is 1. The summed E-state index contributed by atoms with van der Waals surface area (Å²) in [5, 5.41) is 17.4. The molecule has 1 aliphatic rings. The zero-order valence-electron chi connectivity index (χ0n) is 19.2. The molecule has 1 aliphatic carbocycles. The number of unbranched alkanes of at least 4 members (excludes halogenated alkanes) is 5. The summed E-state index contributed by atoms with van der Waals surface area (Å²) >= 11 is 0. The Kier molecular flexibility index (Phi) is 15.9. The van der Waals surface area contributed by atoms with Crippen LogP contribution in [-0.4, -0.2) is 34.7 Å². The van der Waals surface area contributed by atoms with Crippen molar-refractivity contribution in [3.05, 3.63) is 12.2 Å². The summed E-state index contributed by atoms with van der Waals surface area (Å²) in [7, 11) is 0. The first kappa shape index (κ1) is 28.1. The molecule has 174 valence electrons. The highest BCUT2D eigenvalue weighted by Gasteiger charge is 2.35. The van der Waals surface area contributed by atoms with Crippen molar-refractivity contribution in [2.24, 2.45) is 17.8 Å². The zero-order valence-corrected chi connectivity index (χ0v) is 19.2. The zero-order chi connectivity index (χ0) is 22.9. The fourth-order valence-electron chi connectivity index (χ4n) is 3.43. The van der Waals surface area contributed by atoms with Crippen LogP contribution in [0.25, 0.3) is 0 Å². The summed E-state index contributed by atoms with van der Waals surface area (Å²) in [4.78, 5) is 32.8. The first-order chi connectivity index (χ1) is 14.2. The number of aliphatic carboxylic acids is 2. The fourth-order valence-corrected chi connectivity index (χ4v) is 3.43. The third-order valence-corrected chi connectivity index (χ3v) is 5.45. The van der Waals surface area contributed by atoms with Crippen molar-refractivity contribution in [2.45, 2.75) is 97.8 Å². The number of hydrogen-bond donors (Lipinski definition) is 2. The van der Waals surface area contributed by atoms with Crippen LogP contribution in [0, 0.1) is 17.8 Å². The van der Waals surface area contributed by atoms with E-state index in [1.165, 1.54) is 32.1 Å². The van der Waals surface area contributed by atoms with Crippen molar-refractivity contribution in [1.29, 1.82) is 0 Å². The summed E-state index contributed by atoms with van der Waals surface area (Å²) in [6.45, 7) is 10.8. The summed E-state index contributed by atoms with van der Waals surface area (Å²) in [5.41, 5.74) is 0.634. The second-order valence-electron chi connectivity index (χ2n) is 8.61. The number of carboxylic acid groups (broad SMARTS) is 2. The van der Waals surface area contributed by atoms with E-state index in [1.54, 1.807) is 0 Å². The minimum atomic E-state index is -0.970. The number of carboxylic acids is 2. The lowest BCUT2D eigenvalue weighted by atomic mass is 9.79. The second-order valence-corrected chi connectivity index (χ2v) is 8.61. The number of ether oxygens (including phenoxy) is 1. The molecule has 0 bridgehead atoms. The molecule has 6 nitrogen and oxygen atoms in total. The third kappa shape index (κ3) is 13.4. The Hall–Kier alpha value is -1.85. The molecule has 30 heavy (non-hydrogen) atoms. The van der Waals surface area contributed by atoms with Gasteiger partial charge in [0.2, 0.25) is 0 Å². The van der Waals surface area contributed by atoms with E-state index in [4.69, 9.17) is 14.9 Å². The third-order valence-electron chi connectivity index (χ3n) is 5.45. The van der Waals surface area contributed by atoms with Crippen LogP contribution in [0.2, 0.25) is 0 Å². The monoisotopic (exact) mass is 426 g/mol. The molecule has 2 N–H and O–H groups in total. The van der Waals surface area contributed by atoms with E-state index in [-0.39, 0.29) is 5.97 Å². The highest BCUT2D eigenvalue weighted by atomic mass is 16.5. The van der Waals surface area contributed by atoms with E-state index in [2.05, 4.69) is 27.4 Å². The summed E-state index contributed by atoms with van der Waals surface area (Å²) < 4.78 is 5.17. The minimum absolute atomic E-state index is 0.204. The quantitative estimate of drug-likeness (QED) is 0.218. The van der Waals surface area contributed by atoms with E-state index in [0.29, 0.717) is 30.9 Å². The van der Waals surface area contributed by atoms with Gasteiger partial charge in [0, 0.05) is 5.57 Å². The van der Waals surface area contributed by atoms with Gasteiger partial charge >= 0.3 is 17.9 Å². The van der Waals surface area contributed by atoms with Crippen molar-refractivity contribution >= 4 is 17.9 Å². The van der Waals surface area contributed by atoms with Gasteiger partial charge in [-0.3, -0.25) is 9.59 Å². The van der Waals surface area contributed by atoms with Gasteiger partial charge in [-0.1, -0.05) is 72.3 Å². The molecule has 0 spiro atoms. The molecule has 1 rings (SSSR count). The molecule has 0 radical (unpaired) electrons. The van der Waals surface area contributed by atoms with Crippen molar-refractivity contribution < 1.29 is 29.3 Å². The smallest absolute Gasteiger partial charge is 0.333 e. The Labute approximate surface area is 182 Å². The molecular formula is C24H42O6. The highest BCUT2D eigenvalue weighted by molar-refractivity contribution is 5.87. The number of hydrogen-bond acceptors (Lipinski definition) is 4. The highest BCUT2D eigenvalue weighted by Crippen LogP contribution is 2.30. The molecular weight excluding hydrogens is 384 g/mol. The standard InChI is InChI=1S/C16H30O2.C8H12O4/c1-5-6-7-8-9-10-11-15(4)16(17)18-13-12-14(2)3;9-7(10)5-3-1-2-4-6(5)8(11)12/h14H,4-13H2,1-3H3;5-6H,1-4H2,(H,9,10)(H,11,12). The maximum Gasteiger partial charge on any atom is 0.333 e. The van der Waals surface area contributed by atoms with Gasteiger partial charge in [-0.15, -0.1) is 0 Å².